The van der Waals surface area contributed by atoms with E-state index in [1.807, 2.05) is 35.2 Å². The number of nitrogens with zero attached hydrogens (tertiary/aromatic N) is 1. The lowest BCUT2D eigenvalue weighted by Crippen LogP contribution is -2.42. The molecular formula is C23H25NOS. The molecule has 1 amide bonds. The second-order valence-electron chi connectivity index (χ2n) is 6.97. The number of carbonyl (C=O) groups excluding carboxylic acids is 1. The fourth-order valence-corrected chi connectivity index (χ4v) is 4.35. The van der Waals surface area contributed by atoms with Gasteiger partial charge in [0.05, 0.1) is 5.56 Å². The van der Waals surface area contributed by atoms with E-state index in [0.29, 0.717) is 0 Å². The molecule has 0 spiro atoms. The third-order valence-corrected chi connectivity index (χ3v) is 5.49. The zero-order valence-electron chi connectivity index (χ0n) is 15.8. The van der Waals surface area contributed by atoms with E-state index in [2.05, 4.69) is 64.1 Å². The number of carbonyl (C=O) groups is 1. The van der Waals surface area contributed by atoms with Gasteiger partial charge in [0.1, 0.15) is 0 Å². The first kappa shape index (κ1) is 18.5. The van der Waals surface area contributed by atoms with Crippen molar-refractivity contribution >= 4 is 28.4 Å². The van der Waals surface area contributed by atoms with Crippen LogP contribution in [-0.4, -0.2) is 22.9 Å². The Morgan fingerprint density at radius 1 is 0.808 bits per heavy atom. The van der Waals surface area contributed by atoms with Crippen LogP contribution >= 0.6 is 11.8 Å². The fraction of sp³-hybridized carbons (Fsp3) is 0.261. The molecule has 3 aromatic rings. The lowest BCUT2D eigenvalue weighted by atomic mass is 10.0. The third-order valence-electron chi connectivity index (χ3n) is 4.42. The fourth-order valence-electron chi connectivity index (χ4n) is 3.37. The summed E-state index contributed by atoms with van der Waals surface area (Å²) in [6.45, 7) is 8.31. The zero-order chi connectivity index (χ0) is 18.7. The zero-order valence-corrected chi connectivity index (χ0v) is 16.6. The van der Waals surface area contributed by atoms with E-state index in [1.54, 1.807) is 11.8 Å². The van der Waals surface area contributed by atoms with Gasteiger partial charge in [0.2, 0.25) is 0 Å². The van der Waals surface area contributed by atoms with E-state index >= 15 is 0 Å². The SMILES string of the molecule is CC(C)N(C(=O)c1c(Sc2ccccc2)ccc2ccccc12)C(C)C. The second kappa shape index (κ2) is 7.96. The number of rotatable bonds is 5. The Morgan fingerprint density at radius 3 is 2.08 bits per heavy atom. The molecule has 134 valence electrons. The van der Waals surface area contributed by atoms with Crippen molar-refractivity contribution in [3.63, 3.8) is 0 Å². The lowest BCUT2D eigenvalue weighted by Gasteiger charge is -2.32. The molecule has 0 bridgehead atoms. The molecule has 0 aliphatic carbocycles. The Hall–Kier alpha value is -2.26. The molecule has 0 heterocycles. The predicted octanol–water partition coefficient (Wildman–Crippen LogP) is 6.25. The van der Waals surface area contributed by atoms with E-state index < -0.39 is 0 Å². The smallest absolute Gasteiger partial charge is 0.256 e. The minimum absolute atomic E-state index is 0.102. The van der Waals surface area contributed by atoms with Crippen molar-refractivity contribution in [2.45, 2.75) is 49.6 Å². The Labute approximate surface area is 160 Å². The topological polar surface area (TPSA) is 20.3 Å². The maximum atomic E-state index is 13.6. The van der Waals surface area contributed by atoms with Crippen LogP contribution in [0, 0.1) is 0 Å². The van der Waals surface area contributed by atoms with Crippen LogP contribution < -0.4 is 0 Å². The number of fused-ring (bicyclic) bond motifs is 1. The average molecular weight is 364 g/mol. The number of amides is 1. The molecule has 0 aromatic heterocycles. The van der Waals surface area contributed by atoms with E-state index in [9.17, 15) is 4.79 Å². The van der Waals surface area contributed by atoms with E-state index in [0.717, 1.165) is 26.1 Å². The Balaban J connectivity index is 2.16. The van der Waals surface area contributed by atoms with Gasteiger partial charge in [-0.2, -0.15) is 0 Å². The second-order valence-corrected chi connectivity index (χ2v) is 8.09. The highest BCUT2D eigenvalue weighted by Crippen LogP contribution is 2.35. The molecule has 0 fully saturated rings. The van der Waals surface area contributed by atoms with Crippen LogP contribution in [0.4, 0.5) is 0 Å². The molecule has 0 aliphatic rings. The number of hydrogen-bond acceptors (Lipinski definition) is 2. The molecule has 0 aliphatic heterocycles. The van der Waals surface area contributed by atoms with Crippen LogP contribution in [0.25, 0.3) is 10.8 Å². The van der Waals surface area contributed by atoms with Crippen molar-refractivity contribution in [1.29, 1.82) is 0 Å². The molecule has 26 heavy (non-hydrogen) atoms. The van der Waals surface area contributed by atoms with Crippen LogP contribution in [-0.2, 0) is 0 Å². The standard InChI is InChI=1S/C23H25NOS/c1-16(2)24(17(3)4)23(25)22-20-13-9-8-10-18(20)14-15-21(22)26-19-11-6-5-7-12-19/h5-17H,1-4H3. The Morgan fingerprint density at radius 2 is 1.42 bits per heavy atom. The van der Waals surface area contributed by atoms with E-state index in [4.69, 9.17) is 0 Å². The minimum atomic E-state index is 0.102. The first-order valence-electron chi connectivity index (χ1n) is 9.06. The molecule has 0 saturated heterocycles. The summed E-state index contributed by atoms with van der Waals surface area (Å²) in [5, 5.41) is 2.12. The van der Waals surface area contributed by atoms with Gasteiger partial charge in [-0.15, -0.1) is 0 Å². The van der Waals surface area contributed by atoms with Gasteiger partial charge in [-0.25, -0.2) is 0 Å². The quantitative estimate of drug-likeness (QED) is 0.534. The van der Waals surface area contributed by atoms with Gasteiger partial charge < -0.3 is 4.90 Å². The Kier molecular flexibility index (Phi) is 5.67. The summed E-state index contributed by atoms with van der Waals surface area (Å²) in [4.78, 5) is 17.7. The normalized spacial score (nSPS) is 11.3. The summed E-state index contributed by atoms with van der Waals surface area (Å²) in [5.74, 6) is 0.102. The van der Waals surface area contributed by atoms with Gasteiger partial charge in [0.15, 0.2) is 0 Å². The van der Waals surface area contributed by atoms with Gasteiger partial charge in [-0.05, 0) is 56.7 Å². The largest absolute Gasteiger partial charge is 0.334 e. The molecule has 3 heteroatoms. The average Bonchev–Trinajstić information content (AvgIpc) is 2.61. The summed E-state index contributed by atoms with van der Waals surface area (Å²) in [6, 6.07) is 22.8. The molecule has 0 atom stereocenters. The van der Waals surface area contributed by atoms with Crippen LogP contribution in [0.15, 0.2) is 76.5 Å². The molecule has 2 nitrogen and oxygen atoms in total. The molecule has 0 N–H and O–H groups in total. The number of benzene rings is 3. The molecule has 3 aromatic carbocycles. The van der Waals surface area contributed by atoms with Crippen molar-refractivity contribution < 1.29 is 4.79 Å². The first-order valence-corrected chi connectivity index (χ1v) is 9.88. The molecule has 0 radical (unpaired) electrons. The van der Waals surface area contributed by atoms with Gasteiger partial charge in [0, 0.05) is 21.9 Å². The van der Waals surface area contributed by atoms with E-state index in [1.165, 1.54) is 0 Å². The Bertz CT molecular complexity index is 894. The van der Waals surface area contributed by atoms with Crippen LogP contribution in [0.5, 0.6) is 0 Å². The van der Waals surface area contributed by atoms with Crippen LogP contribution in [0.1, 0.15) is 38.1 Å². The predicted molar refractivity (Wildman–Crippen MR) is 111 cm³/mol. The highest BCUT2D eigenvalue weighted by atomic mass is 32.2. The van der Waals surface area contributed by atoms with Gasteiger partial charge in [0.25, 0.3) is 5.91 Å². The summed E-state index contributed by atoms with van der Waals surface area (Å²) >= 11 is 1.65. The van der Waals surface area contributed by atoms with Gasteiger partial charge >= 0.3 is 0 Å². The molecule has 3 rings (SSSR count). The minimum Gasteiger partial charge on any atom is -0.334 e. The highest BCUT2D eigenvalue weighted by Gasteiger charge is 2.25. The van der Waals surface area contributed by atoms with Crippen LogP contribution in [0.2, 0.25) is 0 Å². The lowest BCUT2D eigenvalue weighted by molar-refractivity contribution is 0.0642. The summed E-state index contributed by atoms with van der Waals surface area (Å²) in [6.07, 6.45) is 0. The van der Waals surface area contributed by atoms with Gasteiger partial charge in [-0.3, -0.25) is 4.79 Å². The maximum absolute atomic E-state index is 13.6. The van der Waals surface area contributed by atoms with Crippen molar-refractivity contribution in [3.8, 4) is 0 Å². The van der Waals surface area contributed by atoms with Crippen LogP contribution in [0.3, 0.4) is 0 Å². The molecule has 0 unspecified atom stereocenters. The first-order chi connectivity index (χ1) is 12.5. The molecule has 0 saturated carbocycles. The van der Waals surface area contributed by atoms with Crippen molar-refractivity contribution in [1.82, 2.24) is 4.90 Å². The summed E-state index contributed by atoms with van der Waals surface area (Å²) in [7, 11) is 0. The van der Waals surface area contributed by atoms with E-state index in [-0.39, 0.29) is 18.0 Å². The van der Waals surface area contributed by atoms with Crippen molar-refractivity contribution in [2.75, 3.05) is 0 Å². The maximum Gasteiger partial charge on any atom is 0.256 e. The number of hydrogen-bond donors (Lipinski definition) is 0. The third kappa shape index (κ3) is 3.78. The monoisotopic (exact) mass is 363 g/mol. The van der Waals surface area contributed by atoms with Crippen molar-refractivity contribution in [2.24, 2.45) is 0 Å². The van der Waals surface area contributed by atoms with Gasteiger partial charge in [-0.1, -0.05) is 60.3 Å². The summed E-state index contributed by atoms with van der Waals surface area (Å²) < 4.78 is 0. The summed E-state index contributed by atoms with van der Waals surface area (Å²) in [5.41, 5.74) is 0.805. The van der Waals surface area contributed by atoms with Crippen molar-refractivity contribution in [3.05, 3.63) is 72.3 Å². The highest BCUT2D eigenvalue weighted by molar-refractivity contribution is 7.99. The molecular weight excluding hydrogens is 338 g/mol.